The van der Waals surface area contributed by atoms with Crippen LogP contribution in [0.25, 0.3) is 0 Å². The van der Waals surface area contributed by atoms with Crippen molar-refractivity contribution in [2.75, 3.05) is 20.1 Å². The summed E-state index contributed by atoms with van der Waals surface area (Å²) in [5, 5.41) is 0. The van der Waals surface area contributed by atoms with Gasteiger partial charge in [0.05, 0.1) is 0 Å². The maximum Gasteiger partial charge on any atom is 0.00758 e. The van der Waals surface area contributed by atoms with Crippen molar-refractivity contribution in [3.63, 3.8) is 0 Å². The molecule has 0 bridgehead atoms. The molecule has 2 N–H and O–H groups in total. The van der Waals surface area contributed by atoms with Crippen LogP contribution < -0.4 is 5.73 Å². The van der Waals surface area contributed by atoms with Crippen molar-refractivity contribution in [3.05, 3.63) is 0 Å². The molecule has 0 aromatic rings. The summed E-state index contributed by atoms with van der Waals surface area (Å²) in [5.74, 6) is 0. The molecule has 2 nitrogen and oxygen atoms in total. The van der Waals surface area contributed by atoms with E-state index in [2.05, 4.69) is 25.8 Å². The fourth-order valence-corrected chi connectivity index (χ4v) is 1.82. The van der Waals surface area contributed by atoms with Gasteiger partial charge in [-0.25, -0.2) is 0 Å². The van der Waals surface area contributed by atoms with Gasteiger partial charge in [-0.1, -0.05) is 39.0 Å². The molecule has 0 saturated heterocycles. The highest BCUT2D eigenvalue weighted by atomic mass is 15.1. The van der Waals surface area contributed by atoms with Crippen molar-refractivity contribution in [2.45, 2.75) is 64.8 Å². The third-order valence-electron chi connectivity index (χ3n) is 3.20. The average molecular weight is 214 g/mol. The smallest absolute Gasteiger partial charge is 0.00758 e. The van der Waals surface area contributed by atoms with E-state index in [-0.39, 0.29) is 0 Å². The minimum absolute atomic E-state index is 0.644. The SMILES string of the molecule is CCCCCCCCN(C)C(C)CCN. The van der Waals surface area contributed by atoms with E-state index in [0.29, 0.717) is 6.04 Å². The van der Waals surface area contributed by atoms with E-state index in [1.165, 1.54) is 45.1 Å². The van der Waals surface area contributed by atoms with Crippen LogP contribution in [0.1, 0.15) is 58.8 Å². The molecule has 0 aromatic carbocycles. The molecule has 2 heteroatoms. The molecule has 1 unspecified atom stereocenters. The first kappa shape index (κ1) is 14.9. The summed E-state index contributed by atoms with van der Waals surface area (Å²) in [6.07, 6.45) is 9.42. The largest absolute Gasteiger partial charge is 0.330 e. The van der Waals surface area contributed by atoms with Gasteiger partial charge >= 0.3 is 0 Å². The van der Waals surface area contributed by atoms with E-state index >= 15 is 0 Å². The maximum atomic E-state index is 5.55. The zero-order chi connectivity index (χ0) is 11.5. The highest BCUT2D eigenvalue weighted by Crippen LogP contribution is 2.07. The molecule has 0 amide bonds. The normalized spacial score (nSPS) is 13.4. The predicted molar refractivity (Wildman–Crippen MR) is 69.1 cm³/mol. The lowest BCUT2D eigenvalue weighted by Gasteiger charge is -2.24. The van der Waals surface area contributed by atoms with E-state index in [1.807, 2.05) is 0 Å². The van der Waals surface area contributed by atoms with Crippen LogP contribution in [0, 0.1) is 0 Å². The van der Waals surface area contributed by atoms with Crippen LogP contribution in [-0.4, -0.2) is 31.1 Å². The highest BCUT2D eigenvalue weighted by molar-refractivity contribution is 4.63. The third-order valence-corrected chi connectivity index (χ3v) is 3.20. The van der Waals surface area contributed by atoms with E-state index in [9.17, 15) is 0 Å². The highest BCUT2D eigenvalue weighted by Gasteiger charge is 2.06. The Labute approximate surface area is 96.2 Å². The molecule has 0 aliphatic carbocycles. The Morgan fingerprint density at radius 3 is 2.27 bits per heavy atom. The van der Waals surface area contributed by atoms with Crippen molar-refractivity contribution >= 4 is 0 Å². The van der Waals surface area contributed by atoms with Crippen LogP contribution >= 0.6 is 0 Å². The number of unbranched alkanes of at least 4 members (excludes halogenated alkanes) is 5. The summed E-state index contributed by atoms with van der Waals surface area (Å²) in [5.41, 5.74) is 5.55. The predicted octanol–water partition coefficient (Wildman–Crippen LogP) is 3.02. The lowest BCUT2D eigenvalue weighted by Crippen LogP contribution is -2.31. The Morgan fingerprint density at radius 1 is 1.07 bits per heavy atom. The lowest BCUT2D eigenvalue weighted by atomic mass is 10.1. The first-order valence-corrected chi connectivity index (χ1v) is 6.62. The van der Waals surface area contributed by atoms with Gasteiger partial charge in [0.2, 0.25) is 0 Å². The Kier molecular flexibility index (Phi) is 10.4. The molecule has 0 aliphatic heterocycles. The Bertz CT molecular complexity index is 126. The number of nitrogens with two attached hydrogens (primary N) is 1. The summed E-state index contributed by atoms with van der Waals surface area (Å²) in [6, 6.07) is 0.644. The molecule has 0 aromatic heterocycles. The molecular weight excluding hydrogens is 184 g/mol. The molecule has 0 heterocycles. The molecule has 0 aliphatic rings. The molecule has 0 spiro atoms. The number of rotatable bonds is 10. The van der Waals surface area contributed by atoms with Gasteiger partial charge in [-0.15, -0.1) is 0 Å². The van der Waals surface area contributed by atoms with Crippen molar-refractivity contribution in [1.29, 1.82) is 0 Å². The third kappa shape index (κ3) is 8.88. The van der Waals surface area contributed by atoms with Gasteiger partial charge in [0, 0.05) is 6.04 Å². The van der Waals surface area contributed by atoms with Crippen LogP contribution in [0.5, 0.6) is 0 Å². The first-order valence-electron chi connectivity index (χ1n) is 6.62. The van der Waals surface area contributed by atoms with Crippen LogP contribution in [-0.2, 0) is 0 Å². The summed E-state index contributed by atoms with van der Waals surface area (Å²) in [4.78, 5) is 2.44. The maximum absolute atomic E-state index is 5.55. The Balaban J connectivity index is 3.26. The van der Waals surface area contributed by atoms with E-state index in [0.717, 1.165) is 13.0 Å². The zero-order valence-corrected chi connectivity index (χ0v) is 11.0. The first-order chi connectivity index (χ1) is 7.22. The number of hydrogen-bond acceptors (Lipinski definition) is 2. The summed E-state index contributed by atoms with van der Waals surface area (Å²) in [7, 11) is 2.21. The summed E-state index contributed by atoms with van der Waals surface area (Å²) >= 11 is 0. The Morgan fingerprint density at radius 2 is 1.67 bits per heavy atom. The van der Waals surface area contributed by atoms with E-state index < -0.39 is 0 Å². The van der Waals surface area contributed by atoms with Crippen molar-refractivity contribution in [1.82, 2.24) is 4.90 Å². The standard InChI is InChI=1S/C13H30N2/c1-4-5-6-7-8-9-12-15(3)13(2)10-11-14/h13H,4-12,14H2,1-3H3. The molecule has 0 saturated carbocycles. The molecule has 92 valence electrons. The van der Waals surface area contributed by atoms with Crippen LogP contribution in [0.3, 0.4) is 0 Å². The molecule has 15 heavy (non-hydrogen) atoms. The molecular formula is C13H30N2. The quantitative estimate of drug-likeness (QED) is 0.566. The second-order valence-electron chi connectivity index (χ2n) is 4.67. The van der Waals surface area contributed by atoms with Gasteiger partial charge in [0.25, 0.3) is 0 Å². The van der Waals surface area contributed by atoms with Gasteiger partial charge < -0.3 is 10.6 Å². The summed E-state index contributed by atoms with van der Waals surface area (Å²) in [6.45, 7) is 6.57. The van der Waals surface area contributed by atoms with Crippen molar-refractivity contribution < 1.29 is 0 Å². The minimum atomic E-state index is 0.644. The van der Waals surface area contributed by atoms with Gasteiger partial charge in [0.1, 0.15) is 0 Å². The number of nitrogens with zero attached hydrogens (tertiary/aromatic N) is 1. The van der Waals surface area contributed by atoms with Crippen LogP contribution in [0.2, 0.25) is 0 Å². The minimum Gasteiger partial charge on any atom is -0.330 e. The number of hydrogen-bond donors (Lipinski definition) is 1. The second kappa shape index (κ2) is 10.4. The fourth-order valence-electron chi connectivity index (χ4n) is 1.82. The fraction of sp³-hybridized carbons (Fsp3) is 1.00. The molecule has 0 fully saturated rings. The van der Waals surface area contributed by atoms with Crippen molar-refractivity contribution in [3.8, 4) is 0 Å². The van der Waals surface area contributed by atoms with Gasteiger partial charge in [0.15, 0.2) is 0 Å². The van der Waals surface area contributed by atoms with Crippen LogP contribution in [0.4, 0.5) is 0 Å². The van der Waals surface area contributed by atoms with E-state index in [4.69, 9.17) is 5.73 Å². The summed E-state index contributed by atoms with van der Waals surface area (Å²) < 4.78 is 0. The monoisotopic (exact) mass is 214 g/mol. The van der Waals surface area contributed by atoms with Gasteiger partial charge in [-0.05, 0) is 39.9 Å². The van der Waals surface area contributed by atoms with E-state index in [1.54, 1.807) is 0 Å². The second-order valence-corrected chi connectivity index (χ2v) is 4.67. The average Bonchev–Trinajstić information content (AvgIpc) is 2.23. The molecule has 0 rings (SSSR count). The topological polar surface area (TPSA) is 29.3 Å². The van der Waals surface area contributed by atoms with Crippen LogP contribution in [0.15, 0.2) is 0 Å². The Hall–Kier alpha value is -0.0800. The zero-order valence-electron chi connectivity index (χ0n) is 11.0. The molecule has 1 atom stereocenters. The molecule has 0 radical (unpaired) electrons. The lowest BCUT2D eigenvalue weighted by molar-refractivity contribution is 0.243. The van der Waals surface area contributed by atoms with Crippen molar-refractivity contribution in [2.24, 2.45) is 5.73 Å². The van der Waals surface area contributed by atoms with Gasteiger partial charge in [-0.2, -0.15) is 0 Å². The van der Waals surface area contributed by atoms with Gasteiger partial charge in [-0.3, -0.25) is 0 Å².